The number of carboxylic acid groups (broad SMARTS) is 1. The molecule has 1 saturated carbocycles. The number of rotatable bonds is 3. The Bertz CT molecular complexity index is 338. The third-order valence-electron chi connectivity index (χ3n) is 3.73. The minimum Gasteiger partial charge on any atom is -0.481 e. The van der Waals surface area contributed by atoms with Crippen molar-refractivity contribution in [2.45, 2.75) is 71.3 Å². The first-order valence-electron chi connectivity index (χ1n) is 7.45. The number of aliphatic carboxylic acids is 1. The van der Waals surface area contributed by atoms with Crippen molar-refractivity contribution in [3.63, 3.8) is 0 Å². The first-order chi connectivity index (χ1) is 9.25. The standard InChI is InChI=1S/C15H27NO4/c1-14(2,3)20-13(19)16-11-15(12(17)18)9-7-5-4-6-8-10-15/h4-11H2,1-3H3,(H,16,19)(H,17,18). The van der Waals surface area contributed by atoms with E-state index >= 15 is 0 Å². The molecule has 116 valence electrons. The average molecular weight is 285 g/mol. The monoisotopic (exact) mass is 285 g/mol. The normalized spacial score (nSPS) is 19.6. The molecule has 1 fully saturated rings. The van der Waals surface area contributed by atoms with Gasteiger partial charge in [0.05, 0.1) is 5.41 Å². The fraction of sp³-hybridized carbons (Fsp3) is 0.867. The second-order valence-corrected chi connectivity index (χ2v) is 6.71. The van der Waals surface area contributed by atoms with Gasteiger partial charge in [0.15, 0.2) is 0 Å². The number of amides is 1. The van der Waals surface area contributed by atoms with Crippen molar-refractivity contribution in [2.75, 3.05) is 6.54 Å². The van der Waals surface area contributed by atoms with E-state index in [4.69, 9.17) is 4.74 Å². The Morgan fingerprint density at radius 3 is 2.05 bits per heavy atom. The summed E-state index contributed by atoms with van der Waals surface area (Å²) < 4.78 is 5.17. The van der Waals surface area contributed by atoms with Crippen LogP contribution in [-0.2, 0) is 9.53 Å². The van der Waals surface area contributed by atoms with E-state index in [1.165, 1.54) is 6.42 Å². The van der Waals surface area contributed by atoms with Crippen LogP contribution in [0.1, 0.15) is 65.7 Å². The molecule has 1 amide bonds. The van der Waals surface area contributed by atoms with Gasteiger partial charge < -0.3 is 15.2 Å². The number of alkyl carbamates (subject to hydrolysis) is 1. The van der Waals surface area contributed by atoms with Crippen molar-refractivity contribution in [2.24, 2.45) is 5.41 Å². The van der Waals surface area contributed by atoms with Crippen LogP contribution in [0.5, 0.6) is 0 Å². The van der Waals surface area contributed by atoms with Gasteiger partial charge in [0, 0.05) is 6.54 Å². The number of nitrogens with one attached hydrogen (secondary N) is 1. The van der Waals surface area contributed by atoms with Gasteiger partial charge in [-0.25, -0.2) is 4.79 Å². The summed E-state index contributed by atoms with van der Waals surface area (Å²) in [4.78, 5) is 23.3. The van der Waals surface area contributed by atoms with E-state index in [0.29, 0.717) is 12.8 Å². The Hall–Kier alpha value is -1.26. The summed E-state index contributed by atoms with van der Waals surface area (Å²) in [5.74, 6) is -0.810. The molecule has 0 spiro atoms. The lowest BCUT2D eigenvalue weighted by Crippen LogP contribution is -2.45. The molecule has 0 aromatic rings. The minimum atomic E-state index is -0.836. The first kappa shape index (κ1) is 16.8. The van der Waals surface area contributed by atoms with Gasteiger partial charge in [-0.1, -0.05) is 32.1 Å². The second-order valence-electron chi connectivity index (χ2n) is 6.71. The number of hydrogen-bond donors (Lipinski definition) is 2. The Balaban J connectivity index is 2.61. The summed E-state index contributed by atoms with van der Waals surface area (Å²) in [6.07, 6.45) is 5.83. The maximum Gasteiger partial charge on any atom is 0.407 e. The summed E-state index contributed by atoms with van der Waals surface area (Å²) in [5.41, 5.74) is -1.40. The molecule has 0 aliphatic heterocycles. The van der Waals surface area contributed by atoms with Crippen LogP contribution >= 0.6 is 0 Å². The zero-order chi connectivity index (χ0) is 15.2. The van der Waals surface area contributed by atoms with Crippen LogP contribution in [0, 0.1) is 5.41 Å². The fourth-order valence-electron chi connectivity index (χ4n) is 2.60. The van der Waals surface area contributed by atoms with E-state index < -0.39 is 23.1 Å². The highest BCUT2D eigenvalue weighted by molar-refractivity contribution is 5.76. The van der Waals surface area contributed by atoms with Crippen LogP contribution in [0.3, 0.4) is 0 Å². The molecule has 5 heteroatoms. The number of ether oxygens (including phenoxy) is 1. The van der Waals surface area contributed by atoms with Gasteiger partial charge in [-0.15, -0.1) is 0 Å². The van der Waals surface area contributed by atoms with Gasteiger partial charge in [0.25, 0.3) is 0 Å². The summed E-state index contributed by atoms with van der Waals surface area (Å²) in [7, 11) is 0. The second kappa shape index (κ2) is 6.95. The number of carbonyl (C=O) groups excluding carboxylic acids is 1. The minimum absolute atomic E-state index is 0.150. The van der Waals surface area contributed by atoms with Crippen molar-refractivity contribution in [3.05, 3.63) is 0 Å². The predicted octanol–water partition coefficient (Wildman–Crippen LogP) is 3.33. The average Bonchev–Trinajstić information content (AvgIpc) is 2.25. The molecule has 0 heterocycles. The van der Waals surface area contributed by atoms with E-state index in [2.05, 4.69) is 5.32 Å². The summed E-state index contributed by atoms with van der Waals surface area (Å²) >= 11 is 0. The molecule has 1 aliphatic carbocycles. The molecule has 0 atom stereocenters. The Labute approximate surface area is 121 Å². The van der Waals surface area contributed by atoms with Gasteiger partial charge >= 0.3 is 12.1 Å². The van der Waals surface area contributed by atoms with E-state index in [0.717, 1.165) is 25.7 Å². The molecule has 2 N–H and O–H groups in total. The summed E-state index contributed by atoms with van der Waals surface area (Å²) in [6, 6.07) is 0. The van der Waals surface area contributed by atoms with Gasteiger partial charge in [0.1, 0.15) is 5.60 Å². The van der Waals surface area contributed by atoms with Crippen molar-refractivity contribution >= 4 is 12.1 Å². The van der Waals surface area contributed by atoms with E-state index in [1.807, 2.05) is 0 Å². The van der Waals surface area contributed by atoms with Crippen LogP contribution in [0.4, 0.5) is 4.79 Å². The van der Waals surface area contributed by atoms with Crippen LogP contribution < -0.4 is 5.32 Å². The molecule has 0 bridgehead atoms. The van der Waals surface area contributed by atoms with Gasteiger partial charge in [-0.05, 0) is 33.6 Å². The van der Waals surface area contributed by atoms with E-state index in [-0.39, 0.29) is 6.54 Å². The summed E-state index contributed by atoms with van der Waals surface area (Å²) in [6.45, 7) is 5.51. The lowest BCUT2D eigenvalue weighted by molar-refractivity contribution is -0.150. The number of carboxylic acids is 1. The lowest BCUT2D eigenvalue weighted by atomic mass is 9.76. The molecule has 0 unspecified atom stereocenters. The highest BCUT2D eigenvalue weighted by atomic mass is 16.6. The Morgan fingerprint density at radius 1 is 1.10 bits per heavy atom. The van der Waals surface area contributed by atoms with Crippen molar-refractivity contribution in [1.82, 2.24) is 5.32 Å². The molecule has 0 aromatic carbocycles. The molecule has 1 rings (SSSR count). The first-order valence-corrected chi connectivity index (χ1v) is 7.45. The van der Waals surface area contributed by atoms with Gasteiger partial charge in [-0.2, -0.15) is 0 Å². The molecular formula is C15H27NO4. The Kier molecular flexibility index (Phi) is 5.84. The molecule has 0 radical (unpaired) electrons. The SMILES string of the molecule is CC(C)(C)OC(=O)NCC1(C(=O)O)CCCCCCC1. The fourth-order valence-corrected chi connectivity index (χ4v) is 2.60. The number of carbonyl (C=O) groups is 2. The molecule has 0 saturated heterocycles. The van der Waals surface area contributed by atoms with Crippen LogP contribution in [0.15, 0.2) is 0 Å². The van der Waals surface area contributed by atoms with Crippen LogP contribution in [0.25, 0.3) is 0 Å². The van der Waals surface area contributed by atoms with E-state index in [1.54, 1.807) is 20.8 Å². The van der Waals surface area contributed by atoms with Crippen molar-refractivity contribution in [3.8, 4) is 0 Å². The van der Waals surface area contributed by atoms with Crippen molar-refractivity contribution < 1.29 is 19.4 Å². The number of hydrogen-bond acceptors (Lipinski definition) is 3. The van der Waals surface area contributed by atoms with E-state index in [9.17, 15) is 14.7 Å². The Morgan fingerprint density at radius 2 is 1.60 bits per heavy atom. The smallest absolute Gasteiger partial charge is 0.407 e. The maximum atomic E-state index is 11.7. The maximum absolute atomic E-state index is 11.7. The largest absolute Gasteiger partial charge is 0.481 e. The third kappa shape index (κ3) is 5.39. The van der Waals surface area contributed by atoms with Crippen LogP contribution in [0.2, 0.25) is 0 Å². The highest BCUT2D eigenvalue weighted by Crippen LogP contribution is 2.34. The zero-order valence-electron chi connectivity index (χ0n) is 12.8. The zero-order valence-corrected chi connectivity index (χ0v) is 12.8. The topological polar surface area (TPSA) is 75.6 Å². The van der Waals surface area contributed by atoms with Gasteiger partial charge in [-0.3, -0.25) is 4.79 Å². The molecular weight excluding hydrogens is 258 g/mol. The van der Waals surface area contributed by atoms with Crippen LogP contribution in [-0.4, -0.2) is 29.3 Å². The summed E-state index contributed by atoms with van der Waals surface area (Å²) in [5, 5.41) is 12.2. The quantitative estimate of drug-likeness (QED) is 0.834. The van der Waals surface area contributed by atoms with Gasteiger partial charge in [0.2, 0.25) is 0 Å². The van der Waals surface area contributed by atoms with Crippen molar-refractivity contribution in [1.29, 1.82) is 0 Å². The highest BCUT2D eigenvalue weighted by Gasteiger charge is 2.38. The lowest BCUT2D eigenvalue weighted by Gasteiger charge is -2.31. The molecule has 0 aromatic heterocycles. The molecule has 20 heavy (non-hydrogen) atoms. The molecule has 5 nitrogen and oxygen atoms in total. The third-order valence-corrected chi connectivity index (χ3v) is 3.73. The predicted molar refractivity (Wildman–Crippen MR) is 76.6 cm³/mol. The molecule has 1 aliphatic rings.